The van der Waals surface area contributed by atoms with Crippen LogP contribution in [-0.4, -0.2) is 36.0 Å². The van der Waals surface area contributed by atoms with Crippen LogP contribution in [0.15, 0.2) is 41.8 Å². The summed E-state index contributed by atoms with van der Waals surface area (Å²) in [6.07, 6.45) is 6.26. The average molecular weight is 466 g/mol. The van der Waals surface area contributed by atoms with Crippen molar-refractivity contribution >= 4 is 33.0 Å². The van der Waals surface area contributed by atoms with Gasteiger partial charge in [0.05, 0.1) is 23.1 Å². The molecule has 0 saturated carbocycles. The second-order valence-electron chi connectivity index (χ2n) is 7.38. The molecule has 2 aromatic heterocycles. The summed E-state index contributed by atoms with van der Waals surface area (Å²) in [6.45, 7) is 1.30. The van der Waals surface area contributed by atoms with E-state index in [1.54, 1.807) is 23.0 Å². The smallest absolute Gasteiger partial charge is 0.259 e. The molecular formula is C20H24ClN5O2S2. The molecule has 10 heteroatoms. The number of hydrogen-bond donors (Lipinski definition) is 2. The lowest BCUT2D eigenvalue weighted by Gasteiger charge is -2.23. The Hall–Kier alpha value is -1.78. The van der Waals surface area contributed by atoms with E-state index in [1.807, 2.05) is 12.1 Å². The number of benzene rings is 1. The number of nitrogens with one attached hydrogen (secondary N) is 2. The fourth-order valence-corrected chi connectivity index (χ4v) is 5.85. The minimum absolute atomic E-state index is 0.0471. The van der Waals surface area contributed by atoms with Gasteiger partial charge in [-0.2, -0.15) is 0 Å². The van der Waals surface area contributed by atoms with Gasteiger partial charge in [-0.1, -0.05) is 23.7 Å². The van der Waals surface area contributed by atoms with Crippen LogP contribution in [0.2, 0.25) is 5.02 Å². The van der Waals surface area contributed by atoms with Crippen molar-refractivity contribution in [2.45, 2.75) is 36.8 Å². The molecule has 0 amide bonds. The third kappa shape index (κ3) is 5.09. The summed E-state index contributed by atoms with van der Waals surface area (Å²) in [4.78, 5) is 10.1. The highest BCUT2D eigenvalue weighted by Crippen LogP contribution is 2.30. The average Bonchev–Trinajstić information content (AvgIpc) is 3.34. The fourth-order valence-electron chi connectivity index (χ4n) is 3.50. The van der Waals surface area contributed by atoms with E-state index in [0.717, 1.165) is 41.5 Å². The Kier molecular flexibility index (Phi) is 6.54. The zero-order valence-corrected chi connectivity index (χ0v) is 19.0. The molecule has 1 aromatic carbocycles. The van der Waals surface area contributed by atoms with Crippen LogP contribution in [0, 0.1) is 0 Å². The van der Waals surface area contributed by atoms with Gasteiger partial charge in [0.1, 0.15) is 0 Å². The van der Waals surface area contributed by atoms with Crippen molar-refractivity contribution in [3.63, 3.8) is 0 Å². The summed E-state index contributed by atoms with van der Waals surface area (Å²) in [7, 11) is -1.82. The molecule has 3 heterocycles. The van der Waals surface area contributed by atoms with Crippen molar-refractivity contribution in [3.05, 3.63) is 63.0 Å². The molecule has 1 aliphatic heterocycles. The molecule has 30 heavy (non-hydrogen) atoms. The van der Waals surface area contributed by atoms with Crippen molar-refractivity contribution in [2.24, 2.45) is 7.05 Å². The van der Waals surface area contributed by atoms with Crippen LogP contribution in [0.5, 0.6) is 0 Å². The van der Waals surface area contributed by atoms with Crippen LogP contribution < -0.4 is 10.0 Å². The third-order valence-electron chi connectivity index (χ3n) is 5.01. The molecule has 160 valence electrons. The van der Waals surface area contributed by atoms with Crippen LogP contribution in [0.4, 0.5) is 0 Å². The number of nitrogens with zero attached hydrogens (tertiary/aromatic N) is 3. The van der Waals surface area contributed by atoms with Crippen LogP contribution in [-0.2, 0) is 36.3 Å². The van der Waals surface area contributed by atoms with Gasteiger partial charge in [0.2, 0.25) is 0 Å². The maximum Gasteiger partial charge on any atom is 0.259 e. The van der Waals surface area contributed by atoms with Crippen molar-refractivity contribution in [1.29, 1.82) is 0 Å². The van der Waals surface area contributed by atoms with Gasteiger partial charge in [-0.25, -0.2) is 23.1 Å². The first-order valence-electron chi connectivity index (χ1n) is 9.84. The van der Waals surface area contributed by atoms with Gasteiger partial charge >= 0.3 is 0 Å². The van der Waals surface area contributed by atoms with Gasteiger partial charge in [-0.3, -0.25) is 0 Å². The molecule has 1 unspecified atom stereocenters. The molecule has 3 aromatic rings. The number of aryl methyl sites for hydroxylation is 2. The monoisotopic (exact) mass is 465 g/mol. The Bertz CT molecular complexity index is 1110. The van der Waals surface area contributed by atoms with Gasteiger partial charge < -0.3 is 9.88 Å². The van der Waals surface area contributed by atoms with Gasteiger partial charge in [0, 0.05) is 42.7 Å². The molecule has 0 spiro atoms. The van der Waals surface area contributed by atoms with E-state index in [4.69, 9.17) is 16.6 Å². The van der Waals surface area contributed by atoms with Crippen molar-refractivity contribution in [3.8, 4) is 0 Å². The highest BCUT2D eigenvalue weighted by atomic mass is 35.5. The van der Waals surface area contributed by atoms with E-state index in [9.17, 15) is 8.42 Å². The van der Waals surface area contributed by atoms with Crippen LogP contribution in [0.3, 0.4) is 0 Å². The Morgan fingerprint density at radius 2 is 2.13 bits per heavy atom. The molecule has 1 atom stereocenters. The molecule has 4 rings (SSSR count). The van der Waals surface area contributed by atoms with Gasteiger partial charge in [-0.15, -0.1) is 11.3 Å². The molecule has 0 aliphatic carbocycles. The van der Waals surface area contributed by atoms with Crippen molar-refractivity contribution < 1.29 is 8.42 Å². The predicted molar refractivity (Wildman–Crippen MR) is 118 cm³/mol. The van der Waals surface area contributed by atoms with Gasteiger partial charge in [0.25, 0.3) is 10.0 Å². The summed E-state index contributed by atoms with van der Waals surface area (Å²) in [5.74, 6) is 0. The number of hydrogen-bond acceptors (Lipinski definition) is 6. The first-order valence-corrected chi connectivity index (χ1v) is 12.5. The highest BCUT2D eigenvalue weighted by molar-refractivity contribution is 7.89. The molecule has 2 N–H and O–H groups in total. The van der Waals surface area contributed by atoms with E-state index >= 15 is 0 Å². The normalized spacial score (nSPS) is 16.5. The summed E-state index contributed by atoms with van der Waals surface area (Å²) in [5, 5.41) is 5.42. The Balaban J connectivity index is 1.34. The minimum atomic E-state index is -3.56. The number of halogens is 1. The topological polar surface area (TPSA) is 88.9 Å². The predicted octanol–water partition coefficient (Wildman–Crippen LogP) is 2.87. The van der Waals surface area contributed by atoms with Crippen molar-refractivity contribution in [1.82, 2.24) is 24.6 Å². The number of aromatic nitrogens is 3. The lowest BCUT2D eigenvalue weighted by atomic mass is 9.99. The van der Waals surface area contributed by atoms with Crippen LogP contribution >= 0.6 is 22.9 Å². The Morgan fingerprint density at radius 1 is 1.33 bits per heavy atom. The number of fused-ring (bicyclic) bond motifs is 1. The standard InChI is InChI=1S/C20H24ClN5O2S2/c1-26-12-19(23-13-26)30(27,28)24-9-2-3-18-25-20-16(22-10-8-17(20)29-18)11-14-4-6-15(21)7-5-14/h4-7,12-13,16,22,24H,2-3,8-11H2,1H3. The van der Waals surface area contributed by atoms with Crippen molar-refractivity contribution in [2.75, 3.05) is 13.1 Å². The summed E-state index contributed by atoms with van der Waals surface area (Å²) in [5.41, 5.74) is 2.36. The molecule has 0 fully saturated rings. The quantitative estimate of drug-likeness (QED) is 0.499. The zero-order chi connectivity index (χ0) is 21.1. The van der Waals surface area contributed by atoms with E-state index in [1.165, 1.54) is 23.0 Å². The Labute approximate surface area is 185 Å². The SMILES string of the molecule is Cn1cnc(S(=O)(=O)NCCCc2nc3c(s2)CCNC3Cc2ccc(Cl)cc2)c1. The van der Waals surface area contributed by atoms with Gasteiger partial charge in [-0.05, 0) is 37.0 Å². The number of rotatable bonds is 8. The lowest BCUT2D eigenvalue weighted by Crippen LogP contribution is -2.30. The van der Waals surface area contributed by atoms with E-state index in [-0.39, 0.29) is 11.1 Å². The van der Waals surface area contributed by atoms with E-state index in [0.29, 0.717) is 13.0 Å². The lowest BCUT2D eigenvalue weighted by molar-refractivity contribution is 0.495. The number of sulfonamides is 1. The fraction of sp³-hybridized carbons (Fsp3) is 0.400. The second-order valence-corrected chi connectivity index (χ2v) is 10.7. The first-order chi connectivity index (χ1) is 14.4. The molecular weight excluding hydrogens is 442 g/mol. The van der Waals surface area contributed by atoms with Gasteiger partial charge in [0.15, 0.2) is 5.03 Å². The summed E-state index contributed by atoms with van der Waals surface area (Å²) >= 11 is 7.73. The molecule has 0 bridgehead atoms. The number of thiazole rings is 1. The second kappa shape index (κ2) is 9.15. The molecule has 1 aliphatic rings. The highest BCUT2D eigenvalue weighted by Gasteiger charge is 2.24. The third-order valence-corrected chi connectivity index (χ3v) is 7.80. The molecule has 0 radical (unpaired) electrons. The number of imidazole rings is 1. The summed E-state index contributed by atoms with van der Waals surface area (Å²) < 4.78 is 28.7. The maximum absolute atomic E-state index is 12.2. The molecule has 0 saturated heterocycles. The van der Waals surface area contributed by atoms with E-state index < -0.39 is 10.0 Å². The largest absolute Gasteiger partial charge is 0.339 e. The molecule has 7 nitrogen and oxygen atoms in total. The first kappa shape index (κ1) is 21.5. The summed E-state index contributed by atoms with van der Waals surface area (Å²) in [6, 6.07) is 8.14. The van der Waals surface area contributed by atoms with Crippen LogP contribution in [0.25, 0.3) is 0 Å². The van der Waals surface area contributed by atoms with E-state index in [2.05, 4.69) is 27.2 Å². The minimum Gasteiger partial charge on any atom is -0.339 e. The Morgan fingerprint density at radius 3 is 2.87 bits per heavy atom. The zero-order valence-electron chi connectivity index (χ0n) is 16.6. The van der Waals surface area contributed by atoms with Crippen LogP contribution in [0.1, 0.15) is 33.6 Å². The maximum atomic E-state index is 12.2.